The third kappa shape index (κ3) is 4.11. The Morgan fingerprint density at radius 2 is 1.85 bits per heavy atom. The standard InChI is InChI=1S/C25H26N6O2/c1-2-21(32)30-14-6-7-18(15-30)31-25-22(24(26)27-16-28-25)23(29-31)17-10-12-20(13-11-17)33-19-8-4-3-5-9-19/h3-5,8-13,16,18H,2,6-7,14-15H2,1H3,(H2,26,27,28)/t18-/m0/s1. The molecule has 2 aromatic heterocycles. The van der Waals surface area contributed by atoms with E-state index >= 15 is 0 Å². The molecule has 0 bridgehead atoms. The van der Waals surface area contributed by atoms with Gasteiger partial charge in [-0.15, -0.1) is 0 Å². The summed E-state index contributed by atoms with van der Waals surface area (Å²) >= 11 is 0. The number of ether oxygens (including phenoxy) is 1. The summed E-state index contributed by atoms with van der Waals surface area (Å²) in [5.41, 5.74) is 8.60. The molecule has 4 aromatic rings. The van der Waals surface area contributed by atoms with Gasteiger partial charge in [-0.1, -0.05) is 25.1 Å². The number of anilines is 1. The topological polar surface area (TPSA) is 99.2 Å². The fourth-order valence-electron chi connectivity index (χ4n) is 4.36. The molecule has 2 aromatic carbocycles. The largest absolute Gasteiger partial charge is 0.457 e. The lowest BCUT2D eigenvalue weighted by Gasteiger charge is -2.32. The van der Waals surface area contributed by atoms with Crippen molar-refractivity contribution in [2.45, 2.75) is 32.2 Å². The number of likely N-dealkylation sites (tertiary alicyclic amines) is 1. The smallest absolute Gasteiger partial charge is 0.222 e. The zero-order chi connectivity index (χ0) is 22.8. The van der Waals surface area contributed by atoms with Crippen LogP contribution in [0, 0.1) is 0 Å². The van der Waals surface area contributed by atoms with E-state index in [9.17, 15) is 4.79 Å². The molecule has 8 heteroatoms. The summed E-state index contributed by atoms with van der Waals surface area (Å²) in [5.74, 6) is 2.07. The average Bonchev–Trinajstić information content (AvgIpc) is 3.26. The van der Waals surface area contributed by atoms with Crippen LogP contribution in [0.3, 0.4) is 0 Å². The van der Waals surface area contributed by atoms with Crippen LogP contribution in [0.25, 0.3) is 22.3 Å². The van der Waals surface area contributed by atoms with Gasteiger partial charge in [-0.2, -0.15) is 5.10 Å². The number of carbonyl (C=O) groups excluding carboxylic acids is 1. The van der Waals surface area contributed by atoms with Gasteiger partial charge in [-0.05, 0) is 49.2 Å². The van der Waals surface area contributed by atoms with E-state index in [0.29, 0.717) is 24.4 Å². The second-order valence-corrected chi connectivity index (χ2v) is 8.18. The molecule has 0 aliphatic carbocycles. The van der Waals surface area contributed by atoms with Crippen molar-refractivity contribution in [3.05, 3.63) is 60.9 Å². The van der Waals surface area contributed by atoms with Gasteiger partial charge in [-0.3, -0.25) is 4.79 Å². The number of nitrogens with zero attached hydrogens (tertiary/aromatic N) is 5. The third-order valence-electron chi connectivity index (χ3n) is 6.02. The van der Waals surface area contributed by atoms with Crippen LogP contribution < -0.4 is 10.5 Å². The SMILES string of the molecule is CCC(=O)N1CCC[C@H](n2nc(-c3ccc(Oc4ccccc4)cc3)c3c(N)ncnc32)C1. The molecule has 0 spiro atoms. The highest BCUT2D eigenvalue weighted by molar-refractivity contribution is 5.98. The zero-order valence-corrected chi connectivity index (χ0v) is 18.5. The van der Waals surface area contributed by atoms with Crippen LogP contribution >= 0.6 is 0 Å². The molecule has 1 aliphatic heterocycles. The van der Waals surface area contributed by atoms with Crippen molar-refractivity contribution in [1.29, 1.82) is 0 Å². The van der Waals surface area contributed by atoms with E-state index in [1.807, 2.05) is 71.1 Å². The molecule has 1 aliphatic rings. The first-order valence-electron chi connectivity index (χ1n) is 11.2. The predicted molar refractivity (Wildman–Crippen MR) is 127 cm³/mol. The van der Waals surface area contributed by atoms with Gasteiger partial charge in [0, 0.05) is 25.1 Å². The van der Waals surface area contributed by atoms with E-state index in [1.54, 1.807) is 0 Å². The first-order chi connectivity index (χ1) is 16.1. The number of hydrogen-bond acceptors (Lipinski definition) is 6. The van der Waals surface area contributed by atoms with Crippen LogP contribution in [-0.2, 0) is 4.79 Å². The van der Waals surface area contributed by atoms with Crippen LogP contribution in [-0.4, -0.2) is 43.6 Å². The lowest BCUT2D eigenvalue weighted by molar-refractivity contribution is -0.132. The minimum atomic E-state index is 0.0421. The van der Waals surface area contributed by atoms with Crippen LogP contribution in [0.5, 0.6) is 11.5 Å². The second kappa shape index (κ2) is 8.90. The maximum atomic E-state index is 12.3. The van der Waals surface area contributed by atoms with Gasteiger partial charge < -0.3 is 15.4 Å². The molecule has 1 amide bonds. The van der Waals surface area contributed by atoms with Crippen molar-refractivity contribution in [3.8, 4) is 22.8 Å². The number of fused-ring (bicyclic) bond motifs is 1. The number of carbonyl (C=O) groups is 1. The Balaban J connectivity index is 1.49. The fourth-order valence-corrected chi connectivity index (χ4v) is 4.36. The third-order valence-corrected chi connectivity index (χ3v) is 6.02. The molecule has 5 rings (SSSR count). The molecule has 0 unspecified atom stereocenters. The van der Waals surface area contributed by atoms with Crippen LogP contribution in [0.15, 0.2) is 60.9 Å². The molecule has 33 heavy (non-hydrogen) atoms. The average molecular weight is 443 g/mol. The van der Waals surface area contributed by atoms with Crippen molar-refractivity contribution >= 4 is 22.8 Å². The van der Waals surface area contributed by atoms with E-state index in [4.69, 9.17) is 15.6 Å². The van der Waals surface area contributed by atoms with E-state index < -0.39 is 0 Å². The number of aromatic nitrogens is 4. The summed E-state index contributed by atoms with van der Waals surface area (Å²) in [7, 11) is 0. The van der Waals surface area contributed by atoms with E-state index in [1.165, 1.54) is 6.33 Å². The first-order valence-corrected chi connectivity index (χ1v) is 11.2. The van der Waals surface area contributed by atoms with Crippen molar-refractivity contribution in [2.24, 2.45) is 0 Å². The van der Waals surface area contributed by atoms with Gasteiger partial charge >= 0.3 is 0 Å². The van der Waals surface area contributed by atoms with Crippen LogP contribution in [0.2, 0.25) is 0 Å². The van der Waals surface area contributed by atoms with Crippen molar-refractivity contribution in [3.63, 3.8) is 0 Å². The molecule has 3 heterocycles. The highest BCUT2D eigenvalue weighted by Gasteiger charge is 2.28. The molecule has 0 radical (unpaired) electrons. The molecule has 8 nitrogen and oxygen atoms in total. The number of nitrogens with two attached hydrogens (primary N) is 1. The van der Waals surface area contributed by atoms with Gasteiger partial charge in [0.05, 0.1) is 11.4 Å². The minimum absolute atomic E-state index is 0.0421. The van der Waals surface area contributed by atoms with E-state index in [-0.39, 0.29) is 11.9 Å². The maximum absolute atomic E-state index is 12.3. The Kier molecular flexibility index (Phi) is 5.64. The van der Waals surface area contributed by atoms with Crippen molar-refractivity contribution < 1.29 is 9.53 Å². The van der Waals surface area contributed by atoms with Crippen LogP contribution in [0.4, 0.5) is 5.82 Å². The lowest BCUT2D eigenvalue weighted by Crippen LogP contribution is -2.40. The summed E-state index contributed by atoms with van der Waals surface area (Å²) in [5, 5.41) is 5.66. The summed E-state index contributed by atoms with van der Waals surface area (Å²) in [6.07, 6.45) is 3.83. The summed E-state index contributed by atoms with van der Waals surface area (Å²) in [6, 6.07) is 17.4. The van der Waals surface area contributed by atoms with Crippen molar-refractivity contribution in [1.82, 2.24) is 24.6 Å². The van der Waals surface area contributed by atoms with Crippen LogP contribution in [0.1, 0.15) is 32.2 Å². The first kappa shape index (κ1) is 20.9. The Bertz CT molecular complexity index is 1270. The molecular weight excluding hydrogens is 416 g/mol. The summed E-state index contributed by atoms with van der Waals surface area (Å²) < 4.78 is 7.84. The number of para-hydroxylation sites is 1. The quantitative estimate of drug-likeness (QED) is 0.490. The number of piperidine rings is 1. The Morgan fingerprint density at radius 1 is 1.09 bits per heavy atom. The molecule has 1 saturated heterocycles. The Hall–Kier alpha value is -3.94. The number of nitrogen functional groups attached to an aromatic ring is 1. The second-order valence-electron chi connectivity index (χ2n) is 8.18. The molecule has 0 saturated carbocycles. The molecule has 1 atom stereocenters. The predicted octanol–water partition coefficient (Wildman–Crippen LogP) is 4.44. The van der Waals surface area contributed by atoms with E-state index in [0.717, 1.165) is 47.5 Å². The fraction of sp³-hybridized carbons (Fsp3) is 0.280. The molecule has 1 fully saturated rings. The minimum Gasteiger partial charge on any atom is -0.457 e. The lowest BCUT2D eigenvalue weighted by atomic mass is 10.1. The number of hydrogen-bond donors (Lipinski definition) is 1. The number of amides is 1. The van der Waals surface area contributed by atoms with Gasteiger partial charge in [0.25, 0.3) is 0 Å². The summed E-state index contributed by atoms with van der Waals surface area (Å²) in [4.78, 5) is 22.9. The molecule has 168 valence electrons. The van der Waals surface area contributed by atoms with Gasteiger partial charge in [0.15, 0.2) is 5.65 Å². The number of rotatable bonds is 5. The van der Waals surface area contributed by atoms with Gasteiger partial charge in [0.2, 0.25) is 5.91 Å². The normalized spacial score (nSPS) is 16.2. The van der Waals surface area contributed by atoms with Crippen molar-refractivity contribution in [2.75, 3.05) is 18.8 Å². The van der Waals surface area contributed by atoms with E-state index in [2.05, 4.69) is 9.97 Å². The highest BCUT2D eigenvalue weighted by Crippen LogP contribution is 2.34. The van der Waals surface area contributed by atoms with Gasteiger partial charge in [-0.25, -0.2) is 14.6 Å². The Labute approximate surface area is 192 Å². The molecular formula is C25H26N6O2. The Morgan fingerprint density at radius 3 is 2.61 bits per heavy atom. The van der Waals surface area contributed by atoms with Gasteiger partial charge in [0.1, 0.15) is 29.3 Å². The highest BCUT2D eigenvalue weighted by atomic mass is 16.5. The maximum Gasteiger partial charge on any atom is 0.222 e. The number of benzene rings is 2. The molecule has 2 N–H and O–H groups in total. The zero-order valence-electron chi connectivity index (χ0n) is 18.5. The summed E-state index contributed by atoms with van der Waals surface area (Å²) in [6.45, 7) is 3.30. The monoisotopic (exact) mass is 442 g/mol.